The highest BCUT2D eigenvalue weighted by molar-refractivity contribution is 5.67. The summed E-state index contributed by atoms with van der Waals surface area (Å²) in [6.45, 7) is 0. The first-order valence-corrected chi connectivity index (χ1v) is 4.17. The third kappa shape index (κ3) is 3.16. The lowest BCUT2D eigenvalue weighted by atomic mass is 10.1. The van der Waals surface area contributed by atoms with Crippen LogP contribution in [0.1, 0.15) is 23.9 Å². The molecule has 0 saturated carbocycles. The van der Waals surface area contributed by atoms with Crippen LogP contribution in [0.4, 0.5) is 13.2 Å². The Morgan fingerprint density at radius 1 is 1.44 bits per heavy atom. The third-order valence-electron chi connectivity index (χ3n) is 1.75. The molecule has 0 aliphatic rings. The van der Waals surface area contributed by atoms with Gasteiger partial charge >= 0.3 is 12.1 Å². The standard InChI is InChI=1S/C8H8F3N3O2/c9-8(10,11)7-13-2-4(3-14-7)5(12)1-6(15)16/h2-3,5H,1,12H2,(H,15,16). The summed E-state index contributed by atoms with van der Waals surface area (Å²) in [5.74, 6) is -2.42. The molecule has 0 bridgehead atoms. The number of alkyl halides is 3. The summed E-state index contributed by atoms with van der Waals surface area (Å²) >= 11 is 0. The molecular weight excluding hydrogens is 227 g/mol. The molecule has 0 saturated heterocycles. The van der Waals surface area contributed by atoms with Gasteiger partial charge in [-0.3, -0.25) is 4.79 Å². The van der Waals surface area contributed by atoms with Crippen LogP contribution in [0.5, 0.6) is 0 Å². The van der Waals surface area contributed by atoms with Crippen LogP contribution in [0, 0.1) is 0 Å². The van der Waals surface area contributed by atoms with Gasteiger partial charge in [0.05, 0.1) is 6.42 Å². The van der Waals surface area contributed by atoms with Gasteiger partial charge < -0.3 is 10.8 Å². The second-order valence-corrected chi connectivity index (χ2v) is 3.04. The molecule has 0 radical (unpaired) electrons. The first kappa shape index (κ1) is 12.4. The summed E-state index contributed by atoms with van der Waals surface area (Å²) in [4.78, 5) is 16.4. The van der Waals surface area contributed by atoms with E-state index in [9.17, 15) is 18.0 Å². The Bertz CT molecular complexity index is 377. The highest BCUT2D eigenvalue weighted by atomic mass is 19.4. The second-order valence-electron chi connectivity index (χ2n) is 3.04. The van der Waals surface area contributed by atoms with Crippen LogP contribution in [0.25, 0.3) is 0 Å². The Morgan fingerprint density at radius 2 is 1.94 bits per heavy atom. The SMILES string of the molecule is NC(CC(=O)O)c1cnc(C(F)(F)F)nc1. The average molecular weight is 235 g/mol. The van der Waals surface area contributed by atoms with Gasteiger partial charge in [-0.05, 0) is 0 Å². The van der Waals surface area contributed by atoms with Gasteiger partial charge in [0.15, 0.2) is 0 Å². The van der Waals surface area contributed by atoms with Gasteiger partial charge in [0.2, 0.25) is 5.82 Å². The molecule has 16 heavy (non-hydrogen) atoms. The smallest absolute Gasteiger partial charge is 0.451 e. The number of halogens is 3. The molecule has 0 fully saturated rings. The number of nitrogens with zero attached hydrogens (tertiary/aromatic N) is 2. The van der Waals surface area contributed by atoms with E-state index in [0.717, 1.165) is 12.4 Å². The minimum atomic E-state index is -4.62. The van der Waals surface area contributed by atoms with Crippen LogP contribution in [0.3, 0.4) is 0 Å². The zero-order valence-corrected chi connectivity index (χ0v) is 7.90. The minimum Gasteiger partial charge on any atom is -0.481 e. The number of carboxylic acid groups (broad SMARTS) is 1. The molecule has 1 rings (SSSR count). The number of aliphatic carboxylic acids is 1. The first-order chi connectivity index (χ1) is 7.30. The molecule has 1 atom stereocenters. The van der Waals surface area contributed by atoms with Crippen molar-refractivity contribution in [1.82, 2.24) is 9.97 Å². The van der Waals surface area contributed by atoms with Crippen molar-refractivity contribution in [2.75, 3.05) is 0 Å². The predicted molar refractivity (Wildman–Crippen MR) is 46.2 cm³/mol. The number of carboxylic acids is 1. The van der Waals surface area contributed by atoms with Crippen LogP contribution >= 0.6 is 0 Å². The molecular formula is C8H8F3N3O2. The fourth-order valence-corrected chi connectivity index (χ4v) is 0.982. The van der Waals surface area contributed by atoms with E-state index < -0.39 is 30.4 Å². The van der Waals surface area contributed by atoms with Crippen LogP contribution in [0.2, 0.25) is 0 Å². The zero-order valence-electron chi connectivity index (χ0n) is 7.90. The topological polar surface area (TPSA) is 89.1 Å². The van der Waals surface area contributed by atoms with E-state index in [1.54, 1.807) is 0 Å². The van der Waals surface area contributed by atoms with E-state index in [1.165, 1.54) is 0 Å². The van der Waals surface area contributed by atoms with E-state index >= 15 is 0 Å². The molecule has 1 aromatic rings. The molecule has 0 aromatic carbocycles. The summed E-state index contributed by atoms with van der Waals surface area (Å²) in [7, 11) is 0. The third-order valence-corrected chi connectivity index (χ3v) is 1.75. The molecule has 88 valence electrons. The maximum atomic E-state index is 12.1. The Labute approximate surface area is 88.1 Å². The van der Waals surface area contributed by atoms with E-state index in [1.807, 2.05) is 0 Å². The largest absolute Gasteiger partial charge is 0.481 e. The quantitative estimate of drug-likeness (QED) is 0.814. The molecule has 5 nitrogen and oxygen atoms in total. The number of rotatable bonds is 3. The van der Waals surface area contributed by atoms with Crippen molar-refractivity contribution in [3.8, 4) is 0 Å². The van der Waals surface area contributed by atoms with Crippen LogP contribution in [0.15, 0.2) is 12.4 Å². The van der Waals surface area contributed by atoms with Gasteiger partial charge in [0.1, 0.15) is 0 Å². The molecule has 0 amide bonds. The van der Waals surface area contributed by atoms with Gasteiger partial charge in [-0.25, -0.2) is 9.97 Å². The summed E-state index contributed by atoms with van der Waals surface area (Å²) in [6, 6.07) is -0.917. The second kappa shape index (κ2) is 4.44. The van der Waals surface area contributed by atoms with E-state index in [-0.39, 0.29) is 5.56 Å². The molecule has 3 N–H and O–H groups in total. The fraction of sp³-hybridized carbons (Fsp3) is 0.375. The Morgan fingerprint density at radius 3 is 2.31 bits per heavy atom. The van der Waals surface area contributed by atoms with Gasteiger partial charge in [0, 0.05) is 24.0 Å². The first-order valence-electron chi connectivity index (χ1n) is 4.17. The minimum absolute atomic E-state index is 0.149. The molecule has 1 aromatic heterocycles. The maximum absolute atomic E-state index is 12.1. The molecule has 0 spiro atoms. The number of nitrogens with two attached hydrogens (primary N) is 1. The average Bonchev–Trinajstić information content (AvgIpc) is 2.15. The summed E-state index contributed by atoms with van der Waals surface area (Å²) < 4.78 is 36.2. The zero-order chi connectivity index (χ0) is 12.3. The molecule has 1 unspecified atom stereocenters. The predicted octanol–water partition coefficient (Wildman–Crippen LogP) is 0.970. The fourth-order valence-electron chi connectivity index (χ4n) is 0.982. The Kier molecular flexibility index (Phi) is 3.43. The lowest BCUT2D eigenvalue weighted by Crippen LogP contribution is -2.17. The van der Waals surface area contributed by atoms with Crippen molar-refractivity contribution in [2.45, 2.75) is 18.6 Å². The summed E-state index contributed by atoms with van der Waals surface area (Å²) in [6.07, 6.45) is -3.25. The van der Waals surface area contributed by atoms with Crippen molar-refractivity contribution < 1.29 is 23.1 Å². The highest BCUT2D eigenvalue weighted by Crippen LogP contribution is 2.25. The monoisotopic (exact) mass is 235 g/mol. The van der Waals surface area contributed by atoms with Crippen molar-refractivity contribution in [3.05, 3.63) is 23.8 Å². The molecule has 8 heteroatoms. The maximum Gasteiger partial charge on any atom is 0.451 e. The lowest BCUT2D eigenvalue weighted by molar-refractivity contribution is -0.145. The number of hydrogen-bond donors (Lipinski definition) is 2. The van der Waals surface area contributed by atoms with Crippen molar-refractivity contribution in [1.29, 1.82) is 0 Å². The summed E-state index contributed by atoms with van der Waals surface area (Å²) in [5, 5.41) is 8.43. The van der Waals surface area contributed by atoms with Gasteiger partial charge in [-0.15, -0.1) is 0 Å². The van der Waals surface area contributed by atoms with Gasteiger partial charge in [-0.2, -0.15) is 13.2 Å². The van der Waals surface area contributed by atoms with Crippen LogP contribution in [-0.2, 0) is 11.0 Å². The Balaban J connectivity index is 2.83. The van der Waals surface area contributed by atoms with E-state index in [4.69, 9.17) is 10.8 Å². The normalized spacial score (nSPS) is 13.5. The van der Waals surface area contributed by atoms with Gasteiger partial charge in [-0.1, -0.05) is 0 Å². The Hall–Kier alpha value is -1.70. The van der Waals surface area contributed by atoms with Gasteiger partial charge in [0.25, 0.3) is 0 Å². The lowest BCUT2D eigenvalue weighted by Gasteiger charge is -2.09. The molecule has 1 heterocycles. The van der Waals surface area contributed by atoms with Crippen LogP contribution in [-0.4, -0.2) is 21.0 Å². The van der Waals surface area contributed by atoms with Crippen LogP contribution < -0.4 is 5.73 Å². The van der Waals surface area contributed by atoms with Crippen molar-refractivity contribution in [3.63, 3.8) is 0 Å². The highest BCUT2D eigenvalue weighted by Gasteiger charge is 2.34. The summed E-state index contributed by atoms with van der Waals surface area (Å²) in [5.41, 5.74) is 5.56. The van der Waals surface area contributed by atoms with E-state index in [0.29, 0.717) is 0 Å². The van der Waals surface area contributed by atoms with Crippen molar-refractivity contribution in [2.24, 2.45) is 5.73 Å². The van der Waals surface area contributed by atoms with Crippen molar-refractivity contribution >= 4 is 5.97 Å². The van der Waals surface area contributed by atoms with E-state index in [2.05, 4.69) is 9.97 Å². The molecule has 0 aliphatic carbocycles. The molecule has 0 aliphatic heterocycles. The number of aromatic nitrogens is 2. The number of carbonyl (C=O) groups is 1. The number of hydrogen-bond acceptors (Lipinski definition) is 4.